The van der Waals surface area contributed by atoms with Gasteiger partial charge in [-0.25, -0.2) is 0 Å². The molecule has 0 radical (unpaired) electrons. The molecule has 4 heteroatoms. The Labute approximate surface area is 127 Å². The normalized spacial score (nSPS) is 28.0. The smallest absolute Gasteiger partial charge is 0.119 e. The van der Waals surface area contributed by atoms with Gasteiger partial charge in [-0.3, -0.25) is 4.90 Å². The van der Waals surface area contributed by atoms with Crippen molar-refractivity contribution in [1.29, 1.82) is 0 Å². The third-order valence-electron chi connectivity index (χ3n) is 4.97. The number of aliphatic hydroxyl groups excluding tert-OH is 1. The maximum absolute atomic E-state index is 10.8. The SMILES string of the molecule is COc1ccc2c(c1)C(O)C(N1CCCN(C)CC1)CC2. The van der Waals surface area contributed by atoms with Gasteiger partial charge in [-0.15, -0.1) is 0 Å². The molecule has 0 spiro atoms. The highest BCUT2D eigenvalue weighted by Gasteiger charge is 2.33. The maximum atomic E-state index is 10.8. The third-order valence-corrected chi connectivity index (χ3v) is 4.97. The van der Waals surface area contributed by atoms with Crippen molar-refractivity contribution in [1.82, 2.24) is 9.80 Å². The zero-order valence-electron chi connectivity index (χ0n) is 13.1. The van der Waals surface area contributed by atoms with Gasteiger partial charge in [0, 0.05) is 19.1 Å². The van der Waals surface area contributed by atoms with Crippen LogP contribution in [0.3, 0.4) is 0 Å². The van der Waals surface area contributed by atoms with Gasteiger partial charge in [-0.05, 0) is 62.7 Å². The fraction of sp³-hybridized carbons (Fsp3) is 0.647. The van der Waals surface area contributed by atoms with E-state index in [0.717, 1.165) is 50.3 Å². The van der Waals surface area contributed by atoms with Crippen molar-refractivity contribution in [3.8, 4) is 5.75 Å². The number of aryl methyl sites for hydroxylation is 1. The first-order chi connectivity index (χ1) is 10.2. The van der Waals surface area contributed by atoms with Crippen LogP contribution in [0.2, 0.25) is 0 Å². The predicted octanol–water partition coefficient (Wildman–Crippen LogP) is 1.68. The summed E-state index contributed by atoms with van der Waals surface area (Å²) in [6.07, 6.45) is 2.88. The zero-order chi connectivity index (χ0) is 14.8. The Morgan fingerprint density at radius 3 is 2.86 bits per heavy atom. The monoisotopic (exact) mass is 290 g/mol. The van der Waals surface area contributed by atoms with Gasteiger partial charge in [0.15, 0.2) is 0 Å². The van der Waals surface area contributed by atoms with Crippen LogP contribution in [0.15, 0.2) is 18.2 Å². The van der Waals surface area contributed by atoms with Crippen LogP contribution in [-0.2, 0) is 6.42 Å². The summed E-state index contributed by atoms with van der Waals surface area (Å²) in [6, 6.07) is 6.35. The van der Waals surface area contributed by atoms with E-state index in [1.54, 1.807) is 7.11 Å². The number of fused-ring (bicyclic) bond motifs is 1. The molecule has 1 aliphatic carbocycles. The van der Waals surface area contributed by atoms with Gasteiger partial charge >= 0.3 is 0 Å². The largest absolute Gasteiger partial charge is 0.497 e. The lowest BCUT2D eigenvalue weighted by atomic mass is 9.84. The second kappa shape index (κ2) is 6.34. The second-order valence-corrected chi connectivity index (χ2v) is 6.31. The molecule has 21 heavy (non-hydrogen) atoms. The van der Waals surface area contributed by atoms with Crippen molar-refractivity contribution in [2.24, 2.45) is 0 Å². The predicted molar refractivity (Wildman–Crippen MR) is 83.7 cm³/mol. The van der Waals surface area contributed by atoms with Crippen LogP contribution in [0.25, 0.3) is 0 Å². The van der Waals surface area contributed by atoms with Crippen LogP contribution in [0.1, 0.15) is 30.1 Å². The van der Waals surface area contributed by atoms with Crippen molar-refractivity contribution in [2.75, 3.05) is 40.3 Å². The molecule has 0 bridgehead atoms. The lowest BCUT2D eigenvalue weighted by molar-refractivity contribution is 0.0380. The first-order valence-corrected chi connectivity index (χ1v) is 7.96. The highest BCUT2D eigenvalue weighted by molar-refractivity contribution is 5.39. The number of likely N-dealkylation sites (N-methyl/N-ethyl adjacent to an activating group) is 1. The molecule has 0 saturated carbocycles. The van der Waals surface area contributed by atoms with Gasteiger partial charge in [0.2, 0.25) is 0 Å². The Hall–Kier alpha value is -1.10. The van der Waals surface area contributed by atoms with Gasteiger partial charge < -0.3 is 14.7 Å². The first-order valence-electron chi connectivity index (χ1n) is 7.96. The standard InChI is InChI=1S/C17H26N2O2/c1-18-8-3-9-19(11-10-18)16-7-5-13-4-6-14(21-2)12-15(13)17(16)20/h4,6,12,16-17,20H,3,5,7-11H2,1-2H3. The van der Waals surface area contributed by atoms with Gasteiger partial charge in [-0.2, -0.15) is 0 Å². The number of hydrogen-bond donors (Lipinski definition) is 1. The van der Waals surface area contributed by atoms with Gasteiger partial charge in [0.1, 0.15) is 5.75 Å². The molecule has 1 saturated heterocycles. The highest BCUT2D eigenvalue weighted by Crippen LogP contribution is 2.35. The average molecular weight is 290 g/mol. The lowest BCUT2D eigenvalue weighted by Gasteiger charge is -2.38. The summed E-state index contributed by atoms with van der Waals surface area (Å²) >= 11 is 0. The molecule has 1 fully saturated rings. The lowest BCUT2D eigenvalue weighted by Crippen LogP contribution is -2.44. The highest BCUT2D eigenvalue weighted by atomic mass is 16.5. The Morgan fingerprint density at radius 2 is 2.05 bits per heavy atom. The minimum Gasteiger partial charge on any atom is -0.497 e. The molecule has 4 nitrogen and oxygen atoms in total. The molecule has 1 aliphatic heterocycles. The van der Waals surface area contributed by atoms with Crippen LogP contribution >= 0.6 is 0 Å². The molecule has 0 aromatic heterocycles. The van der Waals surface area contributed by atoms with Crippen molar-refractivity contribution < 1.29 is 9.84 Å². The molecule has 3 rings (SSSR count). The number of aliphatic hydroxyl groups is 1. The Morgan fingerprint density at radius 1 is 1.19 bits per heavy atom. The van der Waals surface area contributed by atoms with E-state index in [1.165, 1.54) is 12.0 Å². The van der Waals surface area contributed by atoms with Crippen molar-refractivity contribution in [2.45, 2.75) is 31.4 Å². The van der Waals surface area contributed by atoms with E-state index in [1.807, 2.05) is 12.1 Å². The molecule has 1 aromatic rings. The van der Waals surface area contributed by atoms with Crippen LogP contribution in [-0.4, -0.2) is 61.3 Å². The third kappa shape index (κ3) is 3.07. The van der Waals surface area contributed by atoms with E-state index in [9.17, 15) is 5.11 Å². The number of hydrogen-bond acceptors (Lipinski definition) is 4. The molecule has 116 valence electrons. The van der Waals surface area contributed by atoms with Crippen LogP contribution in [0, 0.1) is 0 Å². The Bertz CT molecular complexity index is 492. The quantitative estimate of drug-likeness (QED) is 0.899. The summed E-state index contributed by atoms with van der Waals surface area (Å²) in [5.41, 5.74) is 2.33. The molecule has 1 heterocycles. The van der Waals surface area contributed by atoms with E-state index >= 15 is 0 Å². The molecular weight excluding hydrogens is 264 g/mol. The minimum atomic E-state index is -0.396. The molecular formula is C17H26N2O2. The van der Waals surface area contributed by atoms with Gasteiger partial charge in [0.25, 0.3) is 0 Å². The van der Waals surface area contributed by atoms with E-state index in [4.69, 9.17) is 4.74 Å². The van der Waals surface area contributed by atoms with Gasteiger partial charge in [0.05, 0.1) is 13.2 Å². The summed E-state index contributed by atoms with van der Waals surface area (Å²) in [6.45, 7) is 4.39. The number of benzene rings is 1. The van der Waals surface area contributed by atoms with E-state index < -0.39 is 6.10 Å². The van der Waals surface area contributed by atoms with Crippen molar-refractivity contribution >= 4 is 0 Å². The number of rotatable bonds is 2. The summed E-state index contributed by atoms with van der Waals surface area (Å²) in [4.78, 5) is 4.86. The molecule has 1 aromatic carbocycles. The van der Waals surface area contributed by atoms with Crippen LogP contribution < -0.4 is 4.74 Å². The van der Waals surface area contributed by atoms with Crippen molar-refractivity contribution in [3.05, 3.63) is 29.3 Å². The molecule has 2 atom stereocenters. The second-order valence-electron chi connectivity index (χ2n) is 6.31. The fourth-order valence-corrected chi connectivity index (χ4v) is 3.65. The minimum absolute atomic E-state index is 0.246. The van der Waals surface area contributed by atoms with Crippen LogP contribution in [0.5, 0.6) is 5.75 Å². The maximum Gasteiger partial charge on any atom is 0.119 e. The van der Waals surface area contributed by atoms with Gasteiger partial charge in [-0.1, -0.05) is 6.07 Å². The zero-order valence-corrected chi connectivity index (χ0v) is 13.1. The molecule has 2 unspecified atom stereocenters. The summed E-state index contributed by atoms with van der Waals surface area (Å²) in [5, 5.41) is 10.8. The number of methoxy groups -OCH3 is 1. The molecule has 1 N–H and O–H groups in total. The topological polar surface area (TPSA) is 35.9 Å². The molecule has 0 amide bonds. The summed E-state index contributed by atoms with van der Waals surface area (Å²) in [7, 11) is 3.86. The van der Waals surface area contributed by atoms with Crippen molar-refractivity contribution in [3.63, 3.8) is 0 Å². The number of nitrogens with zero attached hydrogens (tertiary/aromatic N) is 2. The van der Waals surface area contributed by atoms with E-state index in [2.05, 4.69) is 22.9 Å². The summed E-state index contributed by atoms with van der Waals surface area (Å²) < 4.78 is 5.31. The van der Waals surface area contributed by atoms with E-state index in [0.29, 0.717) is 0 Å². The number of ether oxygens (including phenoxy) is 1. The summed E-state index contributed by atoms with van der Waals surface area (Å²) in [5.74, 6) is 0.837. The Kier molecular flexibility index (Phi) is 4.48. The van der Waals surface area contributed by atoms with E-state index in [-0.39, 0.29) is 6.04 Å². The molecule has 2 aliphatic rings. The van der Waals surface area contributed by atoms with Crippen LogP contribution in [0.4, 0.5) is 0 Å². The average Bonchev–Trinajstić information content (AvgIpc) is 2.72. The fourth-order valence-electron chi connectivity index (χ4n) is 3.65. The Balaban J connectivity index is 1.79. The first kappa shape index (κ1) is 14.8.